The van der Waals surface area contributed by atoms with Gasteiger partial charge in [0, 0.05) is 12.5 Å². The summed E-state index contributed by atoms with van der Waals surface area (Å²) in [6, 6.07) is 1.91. The number of hydrogen-bond acceptors (Lipinski definition) is 3. The van der Waals surface area contributed by atoms with Gasteiger partial charge in [-0.1, -0.05) is 0 Å². The second-order valence-electron chi connectivity index (χ2n) is 4.71. The Balaban J connectivity index is 1.71. The lowest BCUT2D eigenvalue weighted by Gasteiger charge is -2.12. The Bertz CT molecular complexity index is 525. The Morgan fingerprint density at radius 1 is 1.43 bits per heavy atom. The van der Waals surface area contributed by atoms with Gasteiger partial charge in [0.15, 0.2) is 11.6 Å². The molecule has 0 radical (unpaired) electrons. The first kappa shape index (κ1) is 15.6. The highest BCUT2D eigenvalue weighted by Gasteiger charge is 2.42. The van der Waals surface area contributed by atoms with Crippen LogP contribution in [0.3, 0.4) is 0 Å². The Labute approximate surface area is 118 Å². The molecule has 1 atom stereocenters. The maximum atomic E-state index is 13.2. The van der Waals surface area contributed by atoms with E-state index in [2.05, 4.69) is 10.6 Å². The molecular formula is C13H14F4N2O2. The Hall–Kier alpha value is -1.83. The van der Waals surface area contributed by atoms with Crippen molar-refractivity contribution in [2.75, 3.05) is 19.7 Å². The molecule has 8 heteroatoms. The highest BCUT2D eigenvalue weighted by Crippen LogP contribution is 2.25. The molecule has 2 rings (SSSR count). The molecule has 1 aromatic rings. The van der Waals surface area contributed by atoms with Crippen molar-refractivity contribution in [1.82, 2.24) is 10.6 Å². The largest absolute Gasteiger partial charge is 0.489 e. The first-order valence-electron chi connectivity index (χ1n) is 6.34. The third-order valence-electron chi connectivity index (χ3n) is 2.98. The van der Waals surface area contributed by atoms with Gasteiger partial charge in [0.05, 0.1) is 19.1 Å². The standard InChI is InChI=1S/C13H14F4N2O2/c14-8-1-2-11(9(15)5-8)21-4-3-18-12(20)10-6-13(16,17)7-19-10/h1-2,5,10,19H,3-4,6-7H2,(H,18,20). The molecule has 1 aliphatic heterocycles. The monoisotopic (exact) mass is 306 g/mol. The number of hydrogen-bond donors (Lipinski definition) is 2. The van der Waals surface area contributed by atoms with Gasteiger partial charge in [-0.2, -0.15) is 0 Å². The molecule has 0 bridgehead atoms. The van der Waals surface area contributed by atoms with Crippen molar-refractivity contribution in [2.45, 2.75) is 18.4 Å². The van der Waals surface area contributed by atoms with Gasteiger partial charge in [0.2, 0.25) is 5.91 Å². The summed E-state index contributed by atoms with van der Waals surface area (Å²) in [5, 5.41) is 4.82. The summed E-state index contributed by atoms with van der Waals surface area (Å²) in [4.78, 5) is 11.6. The van der Waals surface area contributed by atoms with Gasteiger partial charge >= 0.3 is 0 Å². The minimum absolute atomic E-state index is 0.0272. The average Bonchev–Trinajstić information content (AvgIpc) is 2.77. The zero-order valence-corrected chi connectivity index (χ0v) is 11.0. The van der Waals surface area contributed by atoms with E-state index in [4.69, 9.17) is 4.74 Å². The van der Waals surface area contributed by atoms with E-state index >= 15 is 0 Å². The van der Waals surface area contributed by atoms with Gasteiger partial charge in [-0.25, -0.2) is 17.6 Å². The van der Waals surface area contributed by atoms with Crippen molar-refractivity contribution >= 4 is 5.91 Å². The zero-order valence-electron chi connectivity index (χ0n) is 11.0. The molecule has 1 aromatic carbocycles. The Kier molecular flexibility index (Phi) is 4.66. The molecule has 0 aromatic heterocycles. The van der Waals surface area contributed by atoms with Crippen molar-refractivity contribution in [1.29, 1.82) is 0 Å². The second-order valence-corrected chi connectivity index (χ2v) is 4.71. The van der Waals surface area contributed by atoms with E-state index in [1.807, 2.05) is 0 Å². The number of nitrogens with one attached hydrogen (secondary N) is 2. The normalized spacial score (nSPS) is 20.3. The summed E-state index contributed by atoms with van der Waals surface area (Å²) in [6.45, 7) is -0.556. The van der Waals surface area contributed by atoms with E-state index in [-0.39, 0.29) is 18.9 Å². The van der Waals surface area contributed by atoms with Crippen molar-refractivity contribution in [2.24, 2.45) is 0 Å². The molecule has 1 heterocycles. The van der Waals surface area contributed by atoms with Gasteiger partial charge in [-0.3, -0.25) is 10.1 Å². The fourth-order valence-corrected chi connectivity index (χ4v) is 1.95. The third kappa shape index (κ3) is 4.32. The Morgan fingerprint density at radius 3 is 2.81 bits per heavy atom. The van der Waals surface area contributed by atoms with Crippen molar-refractivity contribution < 1.29 is 27.1 Å². The van der Waals surface area contributed by atoms with E-state index < -0.39 is 42.5 Å². The van der Waals surface area contributed by atoms with Crippen LogP contribution in [0.2, 0.25) is 0 Å². The summed E-state index contributed by atoms with van der Waals surface area (Å²) in [6.07, 6.45) is -0.549. The molecule has 1 unspecified atom stereocenters. The number of carbonyl (C=O) groups is 1. The summed E-state index contributed by atoms with van der Waals surface area (Å²) in [5.41, 5.74) is 0. The lowest BCUT2D eigenvalue weighted by Crippen LogP contribution is -2.41. The van der Waals surface area contributed by atoms with Gasteiger partial charge in [-0.05, 0) is 12.1 Å². The van der Waals surface area contributed by atoms with Crippen LogP contribution < -0.4 is 15.4 Å². The lowest BCUT2D eigenvalue weighted by molar-refractivity contribution is -0.123. The van der Waals surface area contributed by atoms with Crippen molar-refractivity contribution in [3.05, 3.63) is 29.8 Å². The van der Waals surface area contributed by atoms with Crippen LogP contribution in [-0.4, -0.2) is 37.6 Å². The summed E-state index contributed by atoms with van der Waals surface area (Å²) in [7, 11) is 0. The van der Waals surface area contributed by atoms with Crippen molar-refractivity contribution in [3.8, 4) is 5.75 Å². The average molecular weight is 306 g/mol. The van der Waals surface area contributed by atoms with Crippen LogP contribution in [0.25, 0.3) is 0 Å². The Morgan fingerprint density at radius 2 is 2.19 bits per heavy atom. The molecule has 1 fully saturated rings. The smallest absolute Gasteiger partial charge is 0.262 e. The molecule has 1 saturated heterocycles. The van der Waals surface area contributed by atoms with Gasteiger partial charge in [0.25, 0.3) is 5.92 Å². The zero-order chi connectivity index (χ0) is 15.5. The number of amides is 1. The topological polar surface area (TPSA) is 50.4 Å². The number of alkyl halides is 2. The van der Waals surface area contributed by atoms with Crippen LogP contribution in [0, 0.1) is 11.6 Å². The molecule has 21 heavy (non-hydrogen) atoms. The number of carbonyl (C=O) groups excluding carboxylic acids is 1. The fourth-order valence-electron chi connectivity index (χ4n) is 1.95. The summed E-state index contributed by atoms with van der Waals surface area (Å²) >= 11 is 0. The minimum Gasteiger partial charge on any atom is -0.489 e. The lowest BCUT2D eigenvalue weighted by atomic mass is 10.2. The van der Waals surface area contributed by atoms with Crippen molar-refractivity contribution in [3.63, 3.8) is 0 Å². The van der Waals surface area contributed by atoms with Crippen LogP contribution in [0.15, 0.2) is 18.2 Å². The fraction of sp³-hybridized carbons (Fsp3) is 0.462. The minimum atomic E-state index is -2.88. The molecule has 0 aliphatic carbocycles. The first-order valence-corrected chi connectivity index (χ1v) is 6.34. The molecule has 0 spiro atoms. The van der Waals surface area contributed by atoms with Crippen LogP contribution in [0.1, 0.15) is 6.42 Å². The third-order valence-corrected chi connectivity index (χ3v) is 2.98. The number of halogens is 4. The maximum Gasteiger partial charge on any atom is 0.262 e. The van der Waals surface area contributed by atoms with Gasteiger partial charge in [-0.15, -0.1) is 0 Å². The molecule has 0 saturated carbocycles. The SMILES string of the molecule is O=C(NCCOc1ccc(F)cc1F)C1CC(F)(F)CN1. The maximum absolute atomic E-state index is 13.2. The van der Waals surface area contributed by atoms with Crippen LogP contribution in [0.5, 0.6) is 5.75 Å². The molecular weight excluding hydrogens is 292 g/mol. The molecule has 1 aliphatic rings. The number of rotatable bonds is 5. The molecule has 4 nitrogen and oxygen atoms in total. The van der Waals surface area contributed by atoms with E-state index in [1.165, 1.54) is 0 Å². The van der Waals surface area contributed by atoms with E-state index in [0.717, 1.165) is 12.1 Å². The van der Waals surface area contributed by atoms with Crippen LogP contribution in [-0.2, 0) is 4.79 Å². The van der Waals surface area contributed by atoms with Gasteiger partial charge < -0.3 is 10.1 Å². The predicted octanol–water partition coefficient (Wildman–Crippen LogP) is 1.46. The van der Waals surface area contributed by atoms with E-state index in [0.29, 0.717) is 6.07 Å². The number of ether oxygens (including phenoxy) is 1. The predicted molar refractivity (Wildman–Crippen MR) is 66.2 cm³/mol. The highest BCUT2D eigenvalue weighted by atomic mass is 19.3. The summed E-state index contributed by atoms with van der Waals surface area (Å²) in [5.74, 6) is -5.15. The number of benzene rings is 1. The van der Waals surface area contributed by atoms with E-state index in [1.54, 1.807) is 0 Å². The second kappa shape index (κ2) is 6.30. The first-order chi connectivity index (χ1) is 9.87. The van der Waals surface area contributed by atoms with Crippen LogP contribution in [0.4, 0.5) is 17.6 Å². The van der Waals surface area contributed by atoms with E-state index in [9.17, 15) is 22.4 Å². The molecule has 1 amide bonds. The quantitative estimate of drug-likeness (QED) is 0.639. The molecule has 116 valence electrons. The molecule has 2 N–H and O–H groups in total. The van der Waals surface area contributed by atoms with Crippen LogP contribution >= 0.6 is 0 Å². The van der Waals surface area contributed by atoms with Gasteiger partial charge in [0.1, 0.15) is 12.4 Å². The summed E-state index contributed by atoms with van der Waals surface area (Å²) < 4.78 is 56.7. The highest BCUT2D eigenvalue weighted by molar-refractivity contribution is 5.82.